The van der Waals surface area contributed by atoms with Crippen LogP contribution in [0.3, 0.4) is 0 Å². The van der Waals surface area contributed by atoms with Gasteiger partial charge in [0.05, 0.1) is 15.5 Å². The fraction of sp³-hybridized carbons (Fsp3) is 0.300. The molecule has 1 amide bonds. The van der Waals surface area contributed by atoms with E-state index < -0.39 is 23.0 Å². The molecule has 1 atom stereocenters. The van der Waals surface area contributed by atoms with Gasteiger partial charge in [-0.05, 0) is 30.9 Å². The molecule has 12 heteroatoms. The zero-order valence-corrected chi connectivity index (χ0v) is 17.5. The first-order valence-electron chi connectivity index (χ1n) is 9.53. The Balaban J connectivity index is 1.51. The molecule has 0 N–H and O–H groups in total. The summed E-state index contributed by atoms with van der Waals surface area (Å²) in [6.07, 6.45) is -4.75. The average molecular weight is 466 g/mol. The Morgan fingerprint density at radius 2 is 2.09 bits per heavy atom. The molecule has 3 heterocycles. The predicted octanol–water partition coefficient (Wildman–Crippen LogP) is 4.89. The van der Waals surface area contributed by atoms with E-state index in [0.717, 1.165) is 16.0 Å². The minimum Gasteiger partial charge on any atom is -0.482 e. The normalized spacial score (nSPS) is 16.0. The highest BCUT2D eigenvalue weighted by Crippen LogP contribution is 2.40. The Kier molecular flexibility index (Phi) is 5.63. The molecule has 1 aliphatic rings. The quantitative estimate of drug-likeness (QED) is 0.394. The number of alkyl halides is 3. The molecule has 0 spiro atoms. The van der Waals surface area contributed by atoms with Crippen LogP contribution >= 0.6 is 11.3 Å². The van der Waals surface area contributed by atoms with Crippen LogP contribution < -0.4 is 9.64 Å². The molecule has 0 radical (unpaired) electrons. The average Bonchev–Trinajstić information content (AvgIpc) is 3.36. The molecule has 0 saturated carbocycles. The number of hydrogen-bond donors (Lipinski definition) is 0. The van der Waals surface area contributed by atoms with Crippen LogP contribution in [0.2, 0.25) is 0 Å². The van der Waals surface area contributed by atoms with E-state index in [-0.39, 0.29) is 36.8 Å². The molecule has 0 fully saturated rings. The van der Waals surface area contributed by atoms with Crippen molar-refractivity contribution in [3.05, 3.63) is 68.0 Å². The molecule has 32 heavy (non-hydrogen) atoms. The topological polar surface area (TPSA) is 90.5 Å². The van der Waals surface area contributed by atoms with E-state index in [2.05, 4.69) is 5.10 Å². The number of anilines is 1. The number of carbonyl (C=O) groups is 1. The van der Waals surface area contributed by atoms with Crippen molar-refractivity contribution in [2.45, 2.75) is 32.2 Å². The highest BCUT2D eigenvalue weighted by molar-refractivity contribution is 7.12. The van der Waals surface area contributed by atoms with Gasteiger partial charge in [0, 0.05) is 24.2 Å². The number of nitro benzene ring substituents is 1. The zero-order valence-electron chi connectivity index (χ0n) is 16.7. The van der Waals surface area contributed by atoms with Gasteiger partial charge in [0.15, 0.2) is 11.8 Å². The fourth-order valence-corrected chi connectivity index (χ4v) is 4.36. The van der Waals surface area contributed by atoms with E-state index in [4.69, 9.17) is 4.74 Å². The summed E-state index contributed by atoms with van der Waals surface area (Å²) in [4.78, 5) is 25.2. The third-order valence-electron chi connectivity index (χ3n) is 4.98. The number of amides is 1. The maximum absolute atomic E-state index is 13.4. The van der Waals surface area contributed by atoms with Gasteiger partial charge >= 0.3 is 11.9 Å². The number of fused-ring (bicyclic) bond motifs is 1. The van der Waals surface area contributed by atoms with Gasteiger partial charge in [-0.15, -0.1) is 11.3 Å². The van der Waals surface area contributed by atoms with Gasteiger partial charge in [-0.2, -0.15) is 18.3 Å². The molecule has 0 bridgehead atoms. The first-order valence-corrected chi connectivity index (χ1v) is 10.4. The Morgan fingerprint density at radius 1 is 1.34 bits per heavy atom. The number of nitro groups is 1. The third-order valence-corrected chi connectivity index (χ3v) is 5.95. The number of para-hydroxylation sites is 2. The van der Waals surface area contributed by atoms with Crippen molar-refractivity contribution in [1.82, 2.24) is 9.78 Å². The molecular formula is C20H17F3N4O4S. The summed E-state index contributed by atoms with van der Waals surface area (Å²) < 4.78 is 46.5. The van der Waals surface area contributed by atoms with Crippen LogP contribution in [0.1, 0.15) is 33.4 Å². The summed E-state index contributed by atoms with van der Waals surface area (Å²) in [5.41, 5.74) is 0.834. The van der Waals surface area contributed by atoms with Crippen molar-refractivity contribution in [2.75, 3.05) is 11.4 Å². The molecule has 168 valence electrons. The second kappa shape index (κ2) is 8.26. The van der Waals surface area contributed by atoms with E-state index in [1.807, 2.05) is 0 Å². The van der Waals surface area contributed by atoms with Crippen LogP contribution in [0.5, 0.6) is 5.75 Å². The van der Waals surface area contributed by atoms with Crippen molar-refractivity contribution >= 4 is 28.7 Å². The highest BCUT2D eigenvalue weighted by atomic mass is 32.1. The molecule has 0 saturated heterocycles. The lowest BCUT2D eigenvalue weighted by atomic mass is 10.1. The zero-order chi connectivity index (χ0) is 23.0. The number of halogens is 3. The van der Waals surface area contributed by atoms with Crippen molar-refractivity contribution in [1.29, 1.82) is 0 Å². The summed E-state index contributed by atoms with van der Waals surface area (Å²) in [5, 5.41) is 16.7. The number of benzene rings is 1. The van der Waals surface area contributed by atoms with Gasteiger partial charge in [-0.25, -0.2) is 4.68 Å². The van der Waals surface area contributed by atoms with Crippen molar-refractivity contribution in [3.8, 4) is 5.75 Å². The van der Waals surface area contributed by atoms with E-state index >= 15 is 0 Å². The molecule has 1 aromatic carbocycles. The number of ether oxygens (including phenoxy) is 1. The fourth-order valence-electron chi connectivity index (χ4n) is 3.52. The van der Waals surface area contributed by atoms with E-state index in [9.17, 15) is 28.1 Å². The van der Waals surface area contributed by atoms with Crippen molar-refractivity contribution in [3.63, 3.8) is 0 Å². The molecule has 3 aromatic rings. The van der Waals surface area contributed by atoms with Crippen LogP contribution in [0.15, 0.2) is 41.8 Å². The van der Waals surface area contributed by atoms with Crippen LogP contribution in [0.25, 0.3) is 0 Å². The molecule has 2 aromatic heterocycles. The summed E-state index contributed by atoms with van der Waals surface area (Å²) in [6, 6.07) is 7.21. The number of nitrogens with zero attached hydrogens (tertiary/aromatic N) is 4. The van der Waals surface area contributed by atoms with Crippen molar-refractivity contribution < 1.29 is 27.6 Å². The summed E-state index contributed by atoms with van der Waals surface area (Å²) in [7, 11) is 0. The van der Waals surface area contributed by atoms with Gasteiger partial charge in [0.1, 0.15) is 12.4 Å². The second-order valence-electron chi connectivity index (χ2n) is 7.22. The molecule has 4 rings (SSSR count). The van der Waals surface area contributed by atoms with Crippen molar-refractivity contribution in [2.24, 2.45) is 0 Å². The summed E-state index contributed by atoms with van der Waals surface area (Å²) >= 11 is 1.13. The number of aromatic nitrogens is 2. The SMILES string of the molecule is Cc1cc2n(n1)C(C(F)(F)F)CCN2C(=O)c1cc(COc2ccccc2[N+](=O)[O-])cs1. The Bertz CT molecular complexity index is 1170. The second-order valence-corrected chi connectivity index (χ2v) is 8.14. The molecule has 8 nitrogen and oxygen atoms in total. The van der Waals surface area contributed by atoms with Crippen LogP contribution in [0.4, 0.5) is 24.7 Å². The largest absolute Gasteiger partial charge is 0.482 e. The van der Waals surface area contributed by atoms with Gasteiger partial charge in [0.25, 0.3) is 5.91 Å². The molecule has 1 aliphatic heterocycles. The molecule has 0 aliphatic carbocycles. The van der Waals surface area contributed by atoms with E-state index in [1.165, 1.54) is 29.2 Å². The lowest BCUT2D eigenvalue weighted by Gasteiger charge is -2.33. The monoisotopic (exact) mass is 466 g/mol. The van der Waals surface area contributed by atoms with Crippen LogP contribution in [0, 0.1) is 17.0 Å². The van der Waals surface area contributed by atoms with Crippen LogP contribution in [-0.2, 0) is 6.61 Å². The summed E-state index contributed by atoms with van der Waals surface area (Å²) in [5.74, 6) is -0.230. The first-order chi connectivity index (χ1) is 15.1. The number of rotatable bonds is 5. The maximum atomic E-state index is 13.4. The maximum Gasteiger partial charge on any atom is 0.410 e. The number of thiophene rings is 1. The van der Waals surface area contributed by atoms with Gasteiger partial charge in [-0.3, -0.25) is 19.8 Å². The van der Waals surface area contributed by atoms with Gasteiger partial charge in [-0.1, -0.05) is 12.1 Å². The van der Waals surface area contributed by atoms with E-state index in [0.29, 0.717) is 16.1 Å². The van der Waals surface area contributed by atoms with E-state index in [1.54, 1.807) is 24.4 Å². The standard InChI is InChI=1S/C20H17F3N4O4S/c1-12-8-18-25(7-6-17(20(21,22)23)26(18)24-12)19(28)16-9-13(11-32-16)10-31-15-5-3-2-4-14(15)27(29)30/h2-5,8-9,11,17H,6-7,10H2,1H3. The lowest BCUT2D eigenvalue weighted by molar-refractivity contribution is -0.385. The minimum atomic E-state index is -4.46. The number of carbonyl (C=O) groups excluding carboxylic acids is 1. The minimum absolute atomic E-state index is 0.00181. The van der Waals surface area contributed by atoms with Crippen LogP contribution in [-0.4, -0.2) is 33.3 Å². The number of aryl methyl sites for hydroxylation is 1. The van der Waals surface area contributed by atoms with Gasteiger partial charge < -0.3 is 4.74 Å². The third kappa shape index (κ3) is 4.17. The Hall–Kier alpha value is -3.41. The smallest absolute Gasteiger partial charge is 0.410 e. The number of hydrogen-bond acceptors (Lipinski definition) is 6. The summed E-state index contributed by atoms with van der Waals surface area (Å²) in [6.45, 7) is 1.49. The molecular weight excluding hydrogens is 449 g/mol. The Labute approximate surface area is 184 Å². The predicted molar refractivity (Wildman–Crippen MR) is 110 cm³/mol. The molecule has 1 unspecified atom stereocenters. The first kappa shape index (κ1) is 21.8. The Morgan fingerprint density at radius 3 is 2.81 bits per heavy atom. The highest BCUT2D eigenvalue weighted by Gasteiger charge is 2.46. The van der Waals surface area contributed by atoms with Gasteiger partial charge in [0.2, 0.25) is 0 Å². The lowest BCUT2D eigenvalue weighted by Crippen LogP contribution is -2.42.